The van der Waals surface area contributed by atoms with Crippen LogP contribution in [0.1, 0.15) is 12.2 Å². The first kappa shape index (κ1) is 13.6. The molecule has 3 atom stereocenters. The Morgan fingerprint density at radius 2 is 2.40 bits per heavy atom. The second-order valence-electron chi connectivity index (χ2n) is 5.42. The third-order valence-electron chi connectivity index (χ3n) is 4.00. The third-order valence-corrected chi connectivity index (χ3v) is 4.00. The zero-order valence-electron chi connectivity index (χ0n) is 11.3. The molecule has 0 aliphatic carbocycles. The monoisotopic (exact) mass is 280 g/mol. The summed E-state index contributed by atoms with van der Waals surface area (Å²) in [4.78, 5) is 14.4. The number of ether oxygens (including phenoxy) is 1. The quantitative estimate of drug-likeness (QED) is 0.793. The minimum Gasteiger partial charge on any atom is -0.467 e. The Morgan fingerprint density at radius 1 is 1.50 bits per heavy atom. The van der Waals surface area contributed by atoms with Gasteiger partial charge in [-0.15, -0.1) is 0 Å². The number of hydrogen-bond acceptors (Lipinski definition) is 5. The van der Waals surface area contributed by atoms with Crippen LogP contribution in [0.4, 0.5) is 0 Å². The van der Waals surface area contributed by atoms with Crippen LogP contribution in [-0.4, -0.2) is 54.4 Å². The number of fused-ring (bicyclic) bond motifs is 2. The fourth-order valence-corrected chi connectivity index (χ4v) is 3.06. The minimum absolute atomic E-state index is 0.0275. The van der Waals surface area contributed by atoms with Crippen molar-refractivity contribution in [2.75, 3.05) is 26.2 Å². The maximum Gasteiger partial charge on any atom is 0.226 e. The molecule has 0 saturated carbocycles. The van der Waals surface area contributed by atoms with Gasteiger partial charge in [0.1, 0.15) is 5.76 Å². The van der Waals surface area contributed by atoms with E-state index in [2.05, 4.69) is 10.2 Å². The average molecular weight is 280 g/mol. The Balaban J connectivity index is 1.54. The molecule has 1 amide bonds. The number of likely N-dealkylation sites (tertiary alicyclic amines) is 1. The van der Waals surface area contributed by atoms with E-state index in [1.54, 1.807) is 12.3 Å². The van der Waals surface area contributed by atoms with Crippen LogP contribution in [0, 0.1) is 5.92 Å². The lowest BCUT2D eigenvalue weighted by atomic mass is 9.99. The summed E-state index contributed by atoms with van der Waals surface area (Å²) in [6.07, 6.45) is 2.41. The number of nitrogens with zero attached hydrogens (tertiary/aromatic N) is 1. The fourth-order valence-electron chi connectivity index (χ4n) is 3.06. The first-order chi connectivity index (χ1) is 9.76. The molecule has 2 N–H and O–H groups in total. The van der Waals surface area contributed by atoms with Gasteiger partial charge in [-0.05, 0) is 18.6 Å². The number of aliphatic hydroxyl groups is 1. The Hall–Kier alpha value is -1.37. The van der Waals surface area contributed by atoms with Crippen LogP contribution >= 0.6 is 0 Å². The molecular formula is C14H20N2O4. The van der Waals surface area contributed by atoms with Gasteiger partial charge in [0.15, 0.2) is 0 Å². The van der Waals surface area contributed by atoms with Crippen molar-refractivity contribution >= 4 is 5.91 Å². The molecule has 1 aromatic heterocycles. The molecule has 3 rings (SSSR count). The average Bonchev–Trinajstić information content (AvgIpc) is 3.04. The number of β-amino-alcohol motifs (C(OH)–C–C–N with tert-alkyl or cyclic N) is 1. The number of furan rings is 1. The molecule has 20 heavy (non-hydrogen) atoms. The molecule has 0 spiro atoms. The molecule has 110 valence electrons. The van der Waals surface area contributed by atoms with E-state index in [0.717, 1.165) is 25.3 Å². The summed E-state index contributed by atoms with van der Waals surface area (Å²) in [6.45, 7) is 2.74. The largest absolute Gasteiger partial charge is 0.467 e. The van der Waals surface area contributed by atoms with E-state index in [1.165, 1.54) is 0 Å². The predicted molar refractivity (Wildman–Crippen MR) is 70.8 cm³/mol. The van der Waals surface area contributed by atoms with Gasteiger partial charge in [0.25, 0.3) is 0 Å². The van der Waals surface area contributed by atoms with Crippen LogP contribution in [-0.2, 0) is 16.1 Å². The molecule has 1 aromatic rings. The van der Waals surface area contributed by atoms with E-state index in [0.29, 0.717) is 13.1 Å². The van der Waals surface area contributed by atoms with Crippen molar-refractivity contribution in [1.82, 2.24) is 10.2 Å². The topological polar surface area (TPSA) is 74.9 Å². The fraction of sp³-hybridized carbons (Fsp3) is 0.643. The van der Waals surface area contributed by atoms with Crippen LogP contribution in [0.3, 0.4) is 0 Å². The molecule has 3 heterocycles. The SMILES string of the molecule is O=C(NCc1ccco1)[C@H]1C[C@H]2CN(CCO)C[C@H]1O2. The number of nitrogens with one attached hydrogen (secondary N) is 1. The van der Waals surface area contributed by atoms with Crippen LogP contribution in [0.25, 0.3) is 0 Å². The molecule has 6 heteroatoms. The van der Waals surface area contributed by atoms with Crippen molar-refractivity contribution in [3.63, 3.8) is 0 Å². The Bertz CT molecular complexity index is 448. The lowest BCUT2D eigenvalue weighted by Gasteiger charge is -2.32. The van der Waals surface area contributed by atoms with Crippen molar-refractivity contribution in [3.05, 3.63) is 24.2 Å². The zero-order valence-corrected chi connectivity index (χ0v) is 11.3. The Kier molecular flexibility index (Phi) is 4.05. The lowest BCUT2D eigenvalue weighted by molar-refractivity contribution is -0.128. The van der Waals surface area contributed by atoms with Crippen LogP contribution < -0.4 is 5.32 Å². The van der Waals surface area contributed by atoms with E-state index in [4.69, 9.17) is 14.3 Å². The molecule has 2 fully saturated rings. The highest BCUT2D eigenvalue weighted by atomic mass is 16.5. The van der Waals surface area contributed by atoms with Gasteiger partial charge in [0, 0.05) is 19.6 Å². The standard InChI is InChI=1S/C14H20N2O4/c17-4-3-16-8-11-6-12(13(9-16)20-11)14(18)15-7-10-2-1-5-19-10/h1-2,5,11-13,17H,3-4,6-9H2,(H,15,18)/t11-,12-,13+/m0/s1. The number of hydrogen-bond donors (Lipinski definition) is 2. The van der Waals surface area contributed by atoms with Crippen molar-refractivity contribution in [2.45, 2.75) is 25.2 Å². The third kappa shape index (κ3) is 2.87. The van der Waals surface area contributed by atoms with Crippen LogP contribution in [0.15, 0.2) is 22.8 Å². The molecule has 0 unspecified atom stereocenters. The number of carbonyl (C=O) groups is 1. The number of carbonyl (C=O) groups excluding carboxylic acids is 1. The number of aliphatic hydroxyl groups excluding tert-OH is 1. The van der Waals surface area contributed by atoms with E-state index in [-0.39, 0.29) is 30.6 Å². The maximum absolute atomic E-state index is 12.2. The van der Waals surface area contributed by atoms with Crippen molar-refractivity contribution in [3.8, 4) is 0 Å². The van der Waals surface area contributed by atoms with Gasteiger partial charge in [-0.3, -0.25) is 9.69 Å². The number of rotatable bonds is 5. The molecule has 0 aromatic carbocycles. The van der Waals surface area contributed by atoms with E-state index in [9.17, 15) is 4.79 Å². The molecule has 2 aliphatic rings. The lowest BCUT2D eigenvalue weighted by Crippen LogP contribution is -2.46. The molecule has 0 radical (unpaired) electrons. The Morgan fingerprint density at radius 3 is 3.15 bits per heavy atom. The summed E-state index contributed by atoms with van der Waals surface area (Å²) in [5, 5.41) is 11.9. The van der Waals surface area contributed by atoms with Gasteiger partial charge < -0.3 is 19.6 Å². The second-order valence-corrected chi connectivity index (χ2v) is 5.42. The molecule has 2 aliphatic heterocycles. The predicted octanol–water partition coefficient (Wildman–Crippen LogP) is -0.0226. The van der Waals surface area contributed by atoms with Gasteiger partial charge >= 0.3 is 0 Å². The normalized spacial score (nSPS) is 29.6. The van der Waals surface area contributed by atoms with E-state index < -0.39 is 0 Å². The van der Waals surface area contributed by atoms with Crippen molar-refractivity contribution in [1.29, 1.82) is 0 Å². The summed E-state index contributed by atoms with van der Waals surface area (Å²) >= 11 is 0. The van der Waals surface area contributed by atoms with Gasteiger partial charge in [-0.1, -0.05) is 0 Å². The molecule has 2 saturated heterocycles. The summed E-state index contributed by atoms with van der Waals surface area (Å²) in [7, 11) is 0. The summed E-state index contributed by atoms with van der Waals surface area (Å²) < 4.78 is 11.0. The highest BCUT2D eigenvalue weighted by molar-refractivity contribution is 5.79. The van der Waals surface area contributed by atoms with E-state index in [1.807, 2.05) is 6.07 Å². The first-order valence-corrected chi connectivity index (χ1v) is 7.05. The summed E-state index contributed by atoms with van der Waals surface area (Å²) in [6, 6.07) is 3.65. The summed E-state index contributed by atoms with van der Waals surface area (Å²) in [5.74, 6) is 0.681. The molecular weight excluding hydrogens is 260 g/mol. The maximum atomic E-state index is 12.2. The van der Waals surface area contributed by atoms with Crippen molar-refractivity contribution < 1.29 is 19.1 Å². The number of amides is 1. The van der Waals surface area contributed by atoms with Crippen molar-refractivity contribution in [2.24, 2.45) is 5.92 Å². The smallest absolute Gasteiger partial charge is 0.226 e. The molecule has 6 nitrogen and oxygen atoms in total. The second kappa shape index (κ2) is 5.95. The highest BCUT2D eigenvalue weighted by Gasteiger charge is 2.44. The van der Waals surface area contributed by atoms with Gasteiger partial charge in [-0.25, -0.2) is 0 Å². The van der Waals surface area contributed by atoms with Gasteiger partial charge in [0.2, 0.25) is 5.91 Å². The van der Waals surface area contributed by atoms with Crippen LogP contribution in [0.5, 0.6) is 0 Å². The Labute approximate surface area is 117 Å². The summed E-state index contributed by atoms with van der Waals surface area (Å²) in [5.41, 5.74) is 0. The number of morpholine rings is 1. The highest BCUT2D eigenvalue weighted by Crippen LogP contribution is 2.31. The van der Waals surface area contributed by atoms with Gasteiger partial charge in [0.05, 0.1) is 37.5 Å². The minimum atomic E-state index is -0.0985. The van der Waals surface area contributed by atoms with E-state index >= 15 is 0 Å². The van der Waals surface area contributed by atoms with Gasteiger partial charge in [-0.2, -0.15) is 0 Å². The molecule has 2 bridgehead atoms. The van der Waals surface area contributed by atoms with Crippen LogP contribution in [0.2, 0.25) is 0 Å². The first-order valence-electron chi connectivity index (χ1n) is 7.05. The zero-order chi connectivity index (χ0) is 13.9.